The van der Waals surface area contributed by atoms with Gasteiger partial charge in [0.2, 0.25) is 0 Å². The molecule has 0 aromatic carbocycles. The Balaban J connectivity index is 1.76. The number of nitrogens with zero attached hydrogens (tertiary/aromatic N) is 3. The van der Waals surface area contributed by atoms with Gasteiger partial charge in [-0.2, -0.15) is 5.06 Å². The molecule has 0 spiro atoms. The van der Waals surface area contributed by atoms with Crippen molar-refractivity contribution in [2.24, 2.45) is 0 Å². The van der Waals surface area contributed by atoms with E-state index in [9.17, 15) is 9.59 Å². The molecule has 3 rings (SSSR count). The standard InChI is InChI=1S/C14H18BN4O4S/c1-2-6-23-19-11-8-17(13(19)20)7-10-12(11)24-14(21)18(10)5-3-4-15-22-9-16/h2,9,11,16H,1,3-8H2. The van der Waals surface area contributed by atoms with Crippen molar-refractivity contribution in [3.63, 3.8) is 0 Å². The summed E-state index contributed by atoms with van der Waals surface area (Å²) in [6, 6.07) is -0.398. The van der Waals surface area contributed by atoms with Gasteiger partial charge in [-0.05, 0) is 12.7 Å². The van der Waals surface area contributed by atoms with Gasteiger partial charge in [0.15, 0.2) is 0 Å². The van der Waals surface area contributed by atoms with Gasteiger partial charge < -0.3 is 14.1 Å². The number of nitrogens with one attached hydrogen (secondary N) is 1. The molecule has 2 aliphatic heterocycles. The third kappa shape index (κ3) is 2.98. The van der Waals surface area contributed by atoms with Crippen LogP contribution in [0.2, 0.25) is 6.32 Å². The molecular weight excluding hydrogens is 331 g/mol. The van der Waals surface area contributed by atoms with Gasteiger partial charge in [0.1, 0.15) is 12.4 Å². The van der Waals surface area contributed by atoms with Crippen LogP contribution in [-0.2, 0) is 22.6 Å². The zero-order valence-corrected chi connectivity index (χ0v) is 14.0. The molecule has 0 aliphatic carbocycles. The van der Waals surface area contributed by atoms with Crippen molar-refractivity contribution in [3.8, 4) is 0 Å². The van der Waals surface area contributed by atoms with E-state index in [1.807, 2.05) is 0 Å². The molecule has 1 fully saturated rings. The Morgan fingerprint density at radius 1 is 1.46 bits per heavy atom. The summed E-state index contributed by atoms with van der Waals surface area (Å²) in [6.45, 7) is 5.38. The van der Waals surface area contributed by atoms with Crippen molar-refractivity contribution in [2.45, 2.75) is 31.9 Å². The number of hydroxylamine groups is 2. The fourth-order valence-electron chi connectivity index (χ4n) is 2.96. The largest absolute Gasteiger partial charge is 0.556 e. The summed E-state index contributed by atoms with van der Waals surface area (Å²) in [7, 11) is 1.54. The molecule has 8 nitrogen and oxygen atoms in total. The quantitative estimate of drug-likeness (QED) is 0.240. The number of fused-ring (bicyclic) bond motifs is 4. The van der Waals surface area contributed by atoms with Gasteiger partial charge in [0, 0.05) is 6.54 Å². The summed E-state index contributed by atoms with van der Waals surface area (Å²) in [5.74, 6) is 0. The number of amides is 2. The van der Waals surface area contributed by atoms with E-state index in [0.717, 1.165) is 23.4 Å². The van der Waals surface area contributed by atoms with Crippen LogP contribution in [0, 0.1) is 5.41 Å². The first-order valence-electron chi connectivity index (χ1n) is 7.67. The van der Waals surface area contributed by atoms with E-state index < -0.39 is 0 Å². The monoisotopic (exact) mass is 349 g/mol. The number of carbonyl (C=O) groups excluding carboxylic acids is 1. The van der Waals surface area contributed by atoms with Crippen molar-refractivity contribution in [1.29, 1.82) is 5.41 Å². The molecule has 0 saturated carbocycles. The van der Waals surface area contributed by atoms with E-state index in [0.29, 0.717) is 26.0 Å². The second-order valence-electron chi connectivity index (χ2n) is 5.48. The number of rotatable bonds is 9. The van der Waals surface area contributed by atoms with Gasteiger partial charge in [-0.3, -0.25) is 15.0 Å². The predicted octanol–water partition coefficient (Wildman–Crippen LogP) is 1.37. The number of thiazole rings is 1. The number of hydrogen-bond acceptors (Lipinski definition) is 6. The minimum atomic E-state index is -0.229. The van der Waals surface area contributed by atoms with E-state index in [4.69, 9.17) is 14.9 Å². The maximum absolute atomic E-state index is 12.4. The Bertz CT molecular complexity index is 703. The number of urea groups is 1. The van der Waals surface area contributed by atoms with Crippen LogP contribution in [0.4, 0.5) is 4.79 Å². The van der Waals surface area contributed by atoms with Gasteiger partial charge in [0.05, 0.1) is 30.3 Å². The van der Waals surface area contributed by atoms with Crippen molar-refractivity contribution < 1.29 is 14.3 Å². The molecule has 127 valence electrons. The summed E-state index contributed by atoms with van der Waals surface area (Å²) >= 11 is 1.19. The zero-order valence-electron chi connectivity index (χ0n) is 13.1. The maximum atomic E-state index is 12.4. The zero-order chi connectivity index (χ0) is 17.1. The summed E-state index contributed by atoms with van der Waals surface area (Å²) in [5.41, 5.74) is 0.896. The van der Waals surface area contributed by atoms with Crippen LogP contribution in [0.15, 0.2) is 17.4 Å². The molecule has 1 N–H and O–H groups in total. The minimum absolute atomic E-state index is 0.0159. The molecule has 2 amide bonds. The third-order valence-electron chi connectivity index (χ3n) is 4.01. The maximum Gasteiger partial charge on any atom is 0.371 e. The van der Waals surface area contributed by atoms with Crippen LogP contribution in [0.5, 0.6) is 0 Å². The molecule has 2 bridgehead atoms. The van der Waals surface area contributed by atoms with E-state index in [1.165, 1.54) is 16.4 Å². The van der Waals surface area contributed by atoms with Gasteiger partial charge in [-0.15, -0.1) is 6.58 Å². The fraction of sp³-hybridized carbons (Fsp3) is 0.500. The van der Waals surface area contributed by atoms with Gasteiger partial charge in [-0.25, -0.2) is 4.79 Å². The van der Waals surface area contributed by atoms with Gasteiger partial charge in [0.25, 0.3) is 0 Å². The van der Waals surface area contributed by atoms with Gasteiger partial charge >= 0.3 is 18.4 Å². The molecule has 1 saturated heterocycles. The van der Waals surface area contributed by atoms with E-state index in [-0.39, 0.29) is 23.6 Å². The van der Waals surface area contributed by atoms with Crippen molar-refractivity contribution in [3.05, 3.63) is 32.9 Å². The van der Waals surface area contributed by atoms with Crippen LogP contribution in [-0.4, -0.2) is 47.6 Å². The highest BCUT2D eigenvalue weighted by molar-refractivity contribution is 7.09. The Hall–Kier alpha value is -2.07. The van der Waals surface area contributed by atoms with Crippen LogP contribution in [0.3, 0.4) is 0 Å². The van der Waals surface area contributed by atoms with Crippen molar-refractivity contribution >= 4 is 31.3 Å². The average molecular weight is 349 g/mol. The van der Waals surface area contributed by atoms with Crippen LogP contribution >= 0.6 is 11.3 Å². The number of carbonyl (C=O) groups is 1. The average Bonchev–Trinajstić information content (AvgIpc) is 3.03. The molecule has 2 aliphatic rings. The Morgan fingerprint density at radius 3 is 3.04 bits per heavy atom. The molecular formula is C14H18BN4O4S. The third-order valence-corrected chi connectivity index (χ3v) is 5.13. The fourth-order valence-corrected chi connectivity index (χ4v) is 4.06. The molecule has 1 aromatic rings. The molecule has 24 heavy (non-hydrogen) atoms. The SMILES string of the molecule is C=CCON1C(=O)N2Cc3c(sc(=O)n3CCC[B]OC=N)C1C2. The van der Waals surface area contributed by atoms with Crippen molar-refractivity contribution in [1.82, 2.24) is 14.5 Å². The first-order chi connectivity index (χ1) is 11.7. The summed E-state index contributed by atoms with van der Waals surface area (Å²) in [4.78, 5) is 32.8. The highest BCUT2D eigenvalue weighted by atomic mass is 32.1. The van der Waals surface area contributed by atoms with Gasteiger partial charge in [-0.1, -0.05) is 17.4 Å². The Labute approximate surface area is 144 Å². The van der Waals surface area contributed by atoms with E-state index >= 15 is 0 Å². The summed E-state index contributed by atoms with van der Waals surface area (Å²) < 4.78 is 6.49. The highest BCUT2D eigenvalue weighted by Gasteiger charge is 2.46. The van der Waals surface area contributed by atoms with Crippen LogP contribution in [0.25, 0.3) is 0 Å². The molecule has 1 radical (unpaired) electrons. The second-order valence-corrected chi connectivity index (χ2v) is 6.48. The lowest BCUT2D eigenvalue weighted by Crippen LogP contribution is -2.31. The highest BCUT2D eigenvalue weighted by Crippen LogP contribution is 2.39. The molecule has 3 heterocycles. The molecule has 10 heteroatoms. The Kier molecular flexibility index (Phi) is 5.05. The first kappa shape index (κ1) is 16.8. The Morgan fingerprint density at radius 2 is 2.29 bits per heavy atom. The molecule has 1 atom stereocenters. The normalized spacial score (nSPS) is 18.5. The summed E-state index contributed by atoms with van der Waals surface area (Å²) in [5, 5.41) is 8.14. The second kappa shape index (κ2) is 7.22. The van der Waals surface area contributed by atoms with E-state index in [1.54, 1.807) is 23.0 Å². The molecule has 1 aromatic heterocycles. The topological polar surface area (TPSA) is 87.9 Å². The van der Waals surface area contributed by atoms with Crippen LogP contribution in [0.1, 0.15) is 23.0 Å². The lowest BCUT2D eigenvalue weighted by molar-refractivity contribution is -0.118. The van der Waals surface area contributed by atoms with E-state index in [2.05, 4.69) is 6.58 Å². The molecule has 1 unspecified atom stereocenters. The number of hydrogen-bond donors (Lipinski definition) is 1. The van der Waals surface area contributed by atoms with Crippen molar-refractivity contribution in [2.75, 3.05) is 13.2 Å². The van der Waals surface area contributed by atoms with Crippen LogP contribution < -0.4 is 4.87 Å². The summed E-state index contributed by atoms with van der Waals surface area (Å²) in [6.07, 6.45) is 3.83. The first-order valence-corrected chi connectivity index (χ1v) is 8.49. The predicted molar refractivity (Wildman–Crippen MR) is 90.2 cm³/mol. The lowest BCUT2D eigenvalue weighted by atomic mass is 9.93. The number of aromatic nitrogens is 1. The lowest BCUT2D eigenvalue weighted by Gasteiger charge is -2.22. The smallest absolute Gasteiger partial charge is 0.371 e. The minimum Gasteiger partial charge on any atom is -0.556 e.